The third-order valence-corrected chi connectivity index (χ3v) is 8.50. The van der Waals surface area contributed by atoms with Crippen molar-refractivity contribution in [2.75, 3.05) is 30.8 Å². The predicted molar refractivity (Wildman–Crippen MR) is 115 cm³/mol. The number of carbonyl (C=O) groups excluding carboxylic acids is 1. The summed E-state index contributed by atoms with van der Waals surface area (Å²) in [6.07, 6.45) is 0.718. The third kappa shape index (κ3) is 4.54. The molecule has 9 heteroatoms. The molecule has 0 unspecified atom stereocenters. The van der Waals surface area contributed by atoms with Crippen LogP contribution in [0.2, 0.25) is 0 Å². The first-order valence-electron chi connectivity index (χ1n) is 9.87. The Morgan fingerprint density at radius 2 is 1.93 bits per heavy atom. The zero-order valence-corrected chi connectivity index (χ0v) is 18.3. The monoisotopic (exact) mass is 449 g/mol. The molecule has 2 aromatic rings. The summed E-state index contributed by atoms with van der Waals surface area (Å²) in [7, 11) is -3.70. The summed E-state index contributed by atoms with van der Waals surface area (Å²) in [6, 6.07) is 11.2. The molecule has 1 atom stereocenters. The number of amides is 1. The minimum atomic E-state index is -3.70. The zero-order valence-electron chi connectivity index (χ0n) is 16.7. The highest BCUT2D eigenvalue weighted by atomic mass is 32.2. The lowest BCUT2D eigenvalue weighted by Gasteiger charge is -2.35. The van der Waals surface area contributed by atoms with Crippen LogP contribution < -0.4 is 5.32 Å². The second-order valence-corrected chi connectivity index (χ2v) is 10.7. The van der Waals surface area contributed by atoms with Crippen LogP contribution >= 0.6 is 11.8 Å². The number of nitrogens with one attached hydrogen (secondary N) is 1. The van der Waals surface area contributed by atoms with Crippen LogP contribution in [0.3, 0.4) is 0 Å². The van der Waals surface area contributed by atoms with Crippen molar-refractivity contribution in [3.63, 3.8) is 0 Å². The zero-order chi connectivity index (χ0) is 21.3. The fraction of sp³-hybridized carbons (Fsp3) is 0.381. The van der Waals surface area contributed by atoms with Crippen molar-refractivity contribution in [3.8, 4) is 0 Å². The summed E-state index contributed by atoms with van der Waals surface area (Å²) in [5.74, 6) is 0.142. The Balaban J connectivity index is 1.52. The molecule has 0 radical (unpaired) electrons. The molecule has 2 aliphatic rings. The standard InChI is InChI=1S/C21H24FN3O3S2/c1-15-13-29-20-8-7-18(11-19(20)23-21(15)26)30(27,28)25-10-2-9-24(14-25)12-16-3-5-17(22)6-4-16/h3-8,11,15H,2,9-10,12-14H2,1H3,(H,23,26)/t15-/m0/s1. The summed E-state index contributed by atoms with van der Waals surface area (Å²) in [5, 5.41) is 2.85. The molecule has 2 aromatic carbocycles. The molecule has 1 N–H and O–H groups in total. The van der Waals surface area contributed by atoms with Gasteiger partial charge in [0.25, 0.3) is 0 Å². The molecule has 30 heavy (non-hydrogen) atoms. The van der Waals surface area contributed by atoms with Gasteiger partial charge in [0.15, 0.2) is 0 Å². The minimum Gasteiger partial charge on any atom is -0.325 e. The molecule has 0 bridgehead atoms. The average Bonchev–Trinajstić information content (AvgIpc) is 2.88. The van der Waals surface area contributed by atoms with Crippen molar-refractivity contribution in [3.05, 3.63) is 53.8 Å². The van der Waals surface area contributed by atoms with Gasteiger partial charge in [-0.15, -0.1) is 11.8 Å². The van der Waals surface area contributed by atoms with Crippen molar-refractivity contribution in [2.24, 2.45) is 5.92 Å². The molecule has 0 saturated carbocycles. The summed E-state index contributed by atoms with van der Waals surface area (Å²) in [4.78, 5) is 15.3. The maximum absolute atomic E-state index is 13.3. The van der Waals surface area contributed by atoms with Gasteiger partial charge in [0.05, 0.1) is 17.3 Å². The van der Waals surface area contributed by atoms with E-state index in [-0.39, 0.29) is 29.2 Å². The maximum Gasteiger partial charge on any atom is 0.244 e. The van der Waals surface area contributed by atoms with Gasteiger partial charge in [-0.1, -0.05) is 19.1 Å². The van der Waals surface area contributed by atoms with Crippen LogP contribution in [0.15, 0.2) is 52.3 Å². The van der Waals surface area contributed by atoms with Crippen LogP contribution in [0.4, 0.5) is 10.1 Å². The summed E-state index contributed by atoms with van der Waals surface area (Å²) in [5.41, 5.74) is 1.49. The van der Waals surface area contributed by atoms with Gasteiger partial charge in [-0.2, -0.15) is 4.31 Å². The molecule has 0 aromatic heterocycles. The molecule has 1 amide bonds. The SMILES string of the molecule is C[C@H]1CSc2ccc(S(=O)(=O)N3CCCN(Cc4ccc(F)cc4)C3)cc2NC1=O. The number of rotatable bonds is 4. The van der Waals surface area contributed by atoms with E-state index in [1.807, 2.05) is 11.8 Å². The molecule has 2 heterocycles. The van der Waals surface area contributed by atoms with Gasteiger partial charge in [0.2, 0.25) is 15.9 Å². The number of hydrogen-bond donors (Lipinski definition) is 1. The molecular weight excluding hydrogens is 425 g/mol. The number of anilines is 1. The van der Waals surface area contributed by atoms with Gasteiger partial charge < -0.3 is 5.32 Å². The topological polar surface area (TPSA) is 69.7 Å². The Bertz CT molecular complexity index is 1040. The van der Waals surface area contributed by atoms with Gasteiger partial charge in [-0.3, -0.25) is 9.69 Å². The van der Waals surface area contributed by atoms with Crippen molar-refractivity contribution in [1.82, 2.24) is 9.21 Å². The molecular formula is C21H24FN3O3S2. The number of nitrogens with zero attached hydrogens (tertiary/aromatic N) is 2. The van der Waals surface area contributed by atoms with E-state index in [0.717, 1.165) is 23.4 Å². The molecule has 0 aliphatic carbocycles. The second kappa shape index (κ2) is 8.66. The number of fused-ring (bicyclic) bond motifs is 1. The van der Waals surface area contributed by atoms with E-state index in [0.29, 0.717) is 24.5 Å². The van der Waals surface area contributed by atoms with Crippen molar-refractivity contribution in [2.45, 2.75) is 29.7 Å². The highest BCUT2D eigenvalue weighted by Crippen LogP contribution is 2.35. The van der Waals surface area contributed by atoms with Crippen LogP contribution in [-0.4, -0.2) is 49.0 Å². The molecule has 2 aliphatic heterocycles. The minimum absolute atomic E-state index is 0.0979. The predicted octanol–water partition coefficient (Wildman–Crippen LogP) is 3.36. The number of hydrogen-bond acceptors (Lipinski definition) is 5. The summed E-state index contributed by atoms with van der Waals surface area (Å²) < 4.78 is 41.2. The number of benzene rings is 2. The molecule has 160 valence electrons. The summed E-state index contributed by atoms with van der Waals surface area (Å²) in [6.45, 7) is 3.90. The average molecular weight is 450 g/mol. The second-order valence-electron chi connectivity index (χ2n) is 7.71. The van der Waals surface area contributed by atoms with Crippen LogP contribution in [0.1, 0.15) is 18.9 Å². The van der Waals surface area contributed by atoms with E-state index >= 15 is 0 Å². The van der Waals surface area contributed by atoms with E-state index < -0.39 is 10.0 Å². The van der Waals surface area contributed by atoms with Gasteiger partial charge in [-0.25, -0.2) is 12.8 Å². The van der Waals surface area contributed by atoms with E-state index in [1.165, 1.54) is 16.4 Å². The van der Waals surface area contributed by atoms with Crippen LogP contribution in [0.25, 0.3) is 0 Å². The highest BCUT2D eigenvalue weighted by molar-refractivity contribution is 7.99. The Labute approximate surface area is 180 Å². The van der Waals surface area contributed by atoms with Gasteiger partial charge in [-0.05, 0) is 42.3 Å². The number of halogens is 1. The third-order valence-electron chi connectivity index (χ3n) is 5.34. The van der Waals surface area contributed by atoms with Crippen molar-refractivity contribution >= 4 is 33.4 Å². The highest BCUT2D eigenvalue weighted by Gasteiger charge is 2.30. The molecule has 1 fully saturated rings. The first-order chi connectivity index (χ1) is 14.3. The van der Waals surface area contributed by atoms with Gasteiger partial charge in [0, 0.05) is 36.2 Å². The van der Waals surface area contributed by atoms with E-state index in [4.69, 9.17) is 0 Å². The Morgan fingerprint density at radius 1 is 1.17 bits per heavy atom. The lowest BCUT2D eigenvalue weighted by Crippen LogP contribution is -2.47. The maximum atomic E-state index is 13.3. The largest absolute Gasteiger partial charge is 0.325 e. The van der Waals surface area contributed by atoms with Gasteiger partial charge >= 0.3 is 0 Å². The first-order valence-corrected chi connectivity index (χ1v) is 12.3. The fourth-order valence-electron chi connectivity index (χ4n) is 3.60. The van der Waals surface area contributed by atoms with Gasteiger partial charge in [0.1, 0.15) is 5.82 Å². The normalized spacial score (nSPS) is 21.0. The number of sulfonamides is 1. The van der Waals surface area contributed by atoms with E-state index in [9.17, 15) is 17.6 Å². The quantitative estimate of drug-likeness (QED) is 0.775. The lowest BCUT2D eigenvalue weighted by molar-refractivity contribution is -0.118. The van der Waals surface area contributed by atoms with Crippen molar-refractivity contribution < 1.29 is 17.6 Å². The number of thioether (sulfide) groups is 1. The Kier molecular flexibility index (Phi) is 6.15. The molecule has 1 saturated heterocycles. The van der Waals surface area contributed by atoms with E-state index in [1.54, 1.807) is 42.1 Å². The fourth-order valence-corrected chi connectivity index (χ4v) is 6.10. The van der Waals surface area contributed by atoms with Crippen LogP contribution in [0, 0.1) is 11.7 Å². The summed E-state index contributed by atoms with van der Waals surface area (Å²) >= 11 is 1.55. The van der Waals surface area contributed by atoms with E-state index in [2.05, 4.69) is 5.32 Å². The number of carbonyl (C=O) groups is 1. The molecule has 4 rings (SSSR count). The Hall–Kier alpha value is -1.94. The first kappa shape index (κ1) is 21.3. The molecule has 0 spiro atoms. The lowest BCUT2D eigenvalue weighted by atomic mass is 10.2. The Morgan fingerprint density at radius 3 is 2.70 bits per heavy atom. The van der Waals surface area contributed by atoms with Crippen LogP contribution in [0.5, 0.6) is 0 Å². The van der Waals surface area contributed by atoms with Crippen LogP contribution in [-0.2, 0) is 21.4 Å². The van der Waals surface area contributed by atoms with Crippen molar-refractivity contribution in [1.29, 1.82) is 0 Å². The smallest absolute Gasteiger partial charge is 0.244 e. The molecule has 6 nitrogen and oxygen atoms in total.